The Balaban J connectivity index is -0.0000000961. The number of alkyl halides is 4. The van der Waals surface area contributed by atoms with Crippen LogP contribution in [0, 0.1) is 0 Å². The zero-order valence-corrected chi connectivity index (χ0v) is 22.5. The minimum absolute atomic E-state index is 0. The van der Waals surface area contributed by atoms with E-state index in [-0.39, 0.29) is 12.4 Å². The van der Waals surface area contributed by atoms with Crippen LogP contribution in [0.1, 0.15) is 77.0 Å². The average Bonchev–Trinajstić information content (AvgIpc) is 2.77. The molecule has 0 heterocycles. The molecule has 0 atom stereocenters. The van der Waals surface area contributed by atoms with Crippen LogP contribution >= 0.6 is 58.8 Å². The van der Waals surface area contributed by atoms with Gasteiger partial charge >= 0.3 is 0 Å². The number of nitrogens with one attached hydrogen (secondary N) is 1. The van der Waals surface area contributed by atoms with E-state index in [0.717, 1.165) is 88.8 Å². The molecule has 0 bridgehead atoms. The maximum absolute atomic E-state index is 9.64. The SMILES string of the molecule is Cl.NNCCCCCCl.O=C=CCCCCCl.O=CCCCCCl.OCCCCCCl. The zero-order chi connectivity index (χ0) is 23.6. The number of hydrogen-bond acceptors (Lipinski definition) is 5. The Morgan fingerprint density at radius 2 is 1.19 bits per heavy atom. The first-order chi connectivity index (χ1) is 14.7. The summed E-state index contributed by atoms with van der Waals surface area (Å²) in [5, 5.41) is 8.25. The maximum atomic E-state index is 9.64. The average molecular weight is 549 g/mol. The third-order valence-electron chi connectivity index (χ3n) is 3.27. The molecule has 0 radical (unpaired) electrons. The minimum atomic E-state index is 0. The minimum Gasteiger partial charge on any atom is -0.396 e. The predicted molar refractivity (Wildman–Crippen MR) is 141 cm³/mol. The van der Waals surface area contributed by atoms with Crippen LogP contribution < -0.4 is 11.3 Å². The van der Waals surface area contributed by atoms with Crippen molar-refractivity contribution in [2.45, 2.75) is 77.0 Å². The van der Waals surface area contributed by atoms with Gasteiger partial charge in [0.1, 0.15) is 12.2 Å². The van der Waals surface area contributed by atoms with Crippen molar-refractivity contribution in [2.24, 2.45) is 5.84 Å². The molecule has 0 aromatic rings. The summed E-state index contributed by atoms with van der Waals surface area (Å²) >= 11 is 21.5. The first-order valence-electron chi connectivity index (χ1n) is 10.6. The van der Waals surface area contributed by atoms with Crippen LogP contribution in [0.3, 0.4) is 0 Å². The van der Waals surface area contributed by atoms with Gasteiger partial charge < -0.3 is 9.90 Å². The second kappa shape index (κ2) is 52.4. The van der Waals surface area contributed by atoms with E-state index in [9.17, 15) is 9.59 Å². The number of aliphatic hydroxyl groups excluding tert-OH is 1. The van der Waals surface area contributed by atoms with Crippen molar-refractivity contribution in [3.8, 4) is 0 Å². The van der Waals surface area contributed by atoms with Gasteiger partial charge in [0.05, 0.1) is 0 Å². The Bertz CT molecular complexity index is 315. The molecule has 0 aliphatic carbocycles. The Kier molecular flexibility index (Phi) is 70.5. The molecule has 0 unspecified atom stereocenters. The van der Waals surface area contributed by atoms with E-state index in [2.05, 4.69) is 5.43 Å². The van der Waals surface area contributed by atoms with Crippen molar-refractivity contribution in [1.29, 1.82) is 0 Å². The molecule has 0 rings (SSSR count). The summed E-state index contributed by atoms with van der Waals surface area (Å²) < 4.78 is 0. The lowest BCUT2D eigenvalue weighted by Crippen LogP contribution is -2.22. The molecule has 190 valence electrons. The lowest BCUT2D eigenvalue weighted by Gasteiger charge is -1.94. The van der Waals surface area contributed by atoms with E-state index in [1.165, 1.54) is 12.5 Å². The van der Waals surface area contributed by atoms with Crippen molar-refractivity contribution in [2.75, 3.05) is 36.7 Å². The van der Waals surface area contributed by atoms with Crippen molar-refractivity contribution in [3.05, 3.63) is 6.08 Å². The van der Waals surface area contributed by atoms with Crippen LogP contribution in [0.2, 0.25) is 0 Å². The van der Waals surface area contributed by atoms with Gasteiger partial charge in [-0.3, -0.25) is 11.3 Å². The van der Waals surface area contributed by atoms with E-state index >= 15 is 0 Å². The molecule has 0 aliphatic heterocycles. The fraction of sp³-hybridized carbons (Fsp3) is 0.857. The van der Waals surface area contributed by atoms with E-state index in [1.807, 2.05) is 0 Å². The molecule has 31 heavy (non-hydrogen) atoms. The van der Waals surface area contributed by atoms with Crippen LogP contribution in [-0.2, 0) is 9.59 Å². The van der Waals surface area contributed by atoms with Gasteiger partial charge in [-0.2, -0.15) is 0 Å². The summed E-state index contributed by atoms with van der Waals surface area (Å²) in [6.45, 7) is 1.20. The standard InChI is InChI=1S/C6H9ClO.C5H13ClN2.C5H11ClO.C5H9ClO.ClH/c7-5-3-1-2-4-6-8;6-4-2-1-3-5-8-7;2*6-4-2-1-3-5-7;/h4H,1-3,5H2;8H,1-5,7H2;7H,1-5H2;5H,1-4H2;1H. The fourth-order valence-corrected chi connectivity index (χ4v) is 2.36. The highest BCUT2D eigenvalue weighted by Gasteiger charge is 1.84. The normalized spacial score (nSPS) is 8.71. The van der Waals surface area contributed by atoms with Crippen LogP contribution in [0.15, 0.2) is 6.08 Å². The Morgan fingerprint density at radius 1 is 0.742 bits per heavy atom. The maximum Gasteiger partial charge on any atom is 0.120 e. The molecule has 0 aromatic heterocycles. The van der Waals surface area contributed by atoms with Gasteiger partial charge in [-0.25, -0.2) is 4.79 Å². The van der Waals surface area contributed by atoms with Gasteiger partial charge in [-0.15, -0.1) is 58.8 Å². The van der Waals surface area contributed by atoms with Crippen molar-refractivity contribution >= 4 is 71.0 Å². The van der Waals surface area contributed by atoms with E-state index in [0.29, 0.717) is 24.8 Å². The number of carbonyl (C=O) groups is 1. The van der Waals surface area contributed by atoms with Crippen LogP contribution in [0.5, 0.6) is 0 Å². The lowest BCUT2D eigenvalue weighted by atomic mass is 10.2. The second-order valence-corrected chi connectivity index (χ2v) is 7.55. The van der Waals surface area contributed by atoms with Gasteiger partial charge in [0.25, 0.3) is 0 Å². The Hall–Kier alpha value is 0.450. The number of nitrogens with two attached hydrogens (primary N) is 1. The number of hydrazine groups is 1. The quantitative estimate of drug-likeness (QED) is 0.0514. The molecule has 0 aromatic carbocycles. The number of rotatable bonds is 17. The van der Waals surface area contributed by atoms with Gasteiger partial charge in [-0.05, 0) is 70.3 Å². The summed E-state index contributed by atoms with van der Waals surface area (Å²) in [7, 11) is 0. The molecular formula is C21H43Cl5N2O3. The largest absolute Gasteiger partial charge is 0.396 e. The number of unbranched alkanes of at least 4 members (excludes halogenated alkanes) is 8. The first kappa shape index (κ1) is 41.7. The van der Waals surface area contributed by atoms with Crippen molar-refractivity contribution in [3.63, 3.8) is 0 Å². The molecule has 0 aliphatic rings. The van der Waals surface area contributed by atoms with Crippen LogP contribution in [0.25, 0.3) is 0 Å². The summed E-state index contributed by atoms with van der Waals surface area (Å²) in [6, 6.07) is 0. The van der Waals surface area contributed by atoms with E-state index < -0.39 is 0 Å². The predicted octanol–water partition coefficient (Wildman–Crippen LogP) is 6.05. The Morgan fingerprint density at radius 3 is 1.58 bits per heavy atom. The highest BCUT2D eigenvalue weighted by atomic mass is 35.5. The van der Waals surface area contributed by atoms with E-state index in [1.54, 1.807) is 5.94 Å². The van der Waals surface area contributed by atoms with Gasteiger partial charge in [0.2, 0.25) is 0 Å². The summed E-state index contributed by atoms with van der Waals surface area (Å²) in [5.74, 6) is 9.59. The number of halogens is 5. The van der Waals surface area contributed by atoms with Crippen LogP contribution in [-0.4, -0.2) is 54.0 Å². The monoisotopic (exact) mass is 546 g/mol. The molecule has 0 saturated heterocycles. The van der Waals surface area contributed by atoms with E-state index in [4.69, 9.17) is 57.4 Å². The molecule has 4 N–H and O–H groups in total. The van der Waals surface area contributed by atoms with Crippen molar-refractivity contribution < 1.29 is 14.7 Å². The topological polar surface area (TPSA) is 92.4 Å². The number of aliphatic hydroxyl groups is 1. The van der Waals surface area contributed by atoms with Gasteiger partial charge in [-0.1, -0.05) is 6.42 Å². The molecule has 10 heteroatoms. The molecule has 0 fully saturated rings. The highest BCUT2D eigenvalue weighted by Crippen LogP contribution is 1.96. The number of aldehydes is 1. The number of allylic oxidation sites excluding steroid dienone is 1. The second-order valence-electron chi connectivity index (χ2n) is 6.04. The smallest absolute Gasteiger partial charge is 0.120 e. The number of hydrogen-bond donors (Lipinski definition) is 3. The van der Waals surface area contributed by atoms with Gasteiger partial charge in [0, 0.05) is 43.1 Å². The Labute approximate surface area is 216 Å². The third-order valence-corrected chi connectivity index (χ3v) is 4.34. The van der Waals surface area contributed by atoms with Crippen molar-refractivity contribution in [1.82, 2.24) is 5.43 Å². The highest BCUT2D eigenvalue weighted by molar-refractivity contribution is 6.18. The molecular weight excluding hydrogens is 506 g/mol. The lowest BCUT2D eigenvalue weighted by molar-refractivity contribution is -0.107. The first-order valence-corrected chi connectivity index (χ1v) is 12.7. The summed E-state index contributed by atoms with van der Waals surface area (Å²) in [5.41, 5.74) is 2.58. The number of carbonyl (C=O) groups excluding carboxylic acids is 2. The summed E-state index contributed by atoms with van der Waals surface area (Å²) in [6.07, 6.45) is 14.2. The fourth-order valence-electron chi connectivity index (χ4n) is 1.60. The third kappa shape index (κ3) is 72.4. The van der Waals surface area contributed by atoms with Crippen LogP contribution in [0.4, 0.5) is 0 Å². The summed E-state index contributed by atoms with van der Waals surface area (Å²) in [4.78, 5) is 19.2. The molecule has 0 saturated carbocycles. The molecule has 5 nitrogen and oxygen atoms in total. The molecule has 0 spiro atoms. The molecule has 0 amide bonds. The van der Waals surface area contributed by atoms with Gasteiger partial charge in [0.15, 0.2) is 0 Å². The zero-order valence-electron chi connectivity index (χ0n) is 18.6.